The minimum Gasteiger partial charge on any atom is -0.162 e. The second-order valence-electron chi connectivity index (χ2n) is 9.37. The van der Waals surface area contributed by atoms with Gasteiger partial charge in [-0.3, -0.25) is 0 Å². The van der Waals surface area contributed by atoms with Gasteiger partial charge < -0.3 is 0 Å². The van der Waals surface area contributed by atoms with Gasteiger partial charge in [0.05, 0.1) is 0 Å². The number of benzene rings is 4. The van der Waals surface area contributed by atoms with Gasteiger partial charge >= 0.3 is 0 Å². The molecule has 0 aromatic heterocycles. The molecule has 4 aromatic carbocycles. The Morgan fingerprint density at radius 2 is 0.939 bits per heavy atom. The van der Waals surface area contributed by atoms with Crippen molar-refractivity contribution in [2.75, 3.05) is 11.5 Å². The molecule has 0 spiro atoms. The monoisotopic (exact) mass is 446 g/mol. The summed E-state index contributed by atoms with van der Waals surface area (Å²) in [6.45, 7) is 0. The number of aryl methyl sites for hydroxylation is 2. The summed E-state index contributed by atoms with van der Waals surface area (Å²) in [4.78, 5) is 0. The molecule has 0 radical (unpaired) electrons. The quantitative estimate of drug-likeness (QED) is 0.213. The highest BCUT2D eigenvalue weighted by molar-refractivity contribution is 7.99. The minimum absolute atomic E-state index is 1.11. The highest BCUT2D eigenvalue weighted by Crippen LogP contribution is 2.39. The van der Waals surface area contributed by atoms with Crippen LogP contribution in [0.15, 0.2) is 84.9 Å². The van der Waals surface area contributed by atoms with Crippen LogP contribution in [-0.2, 0) is 25.7 Å². The number of hydrogen-bond acceptors (Lipinski definition) is 1. The Balaban J connectivity index is 0.985. The standard InChI is InChI=1S/C32H30S/c1-3-15-27-25(9-1)21-31-23(11-5-17-29(27)31)13-7-19-33-20-8-14-24-12-6-18-30-28-16-4-2-10-26(28)22-32(24)30/h1-6,9-12,15-18H,7-8,13-14,19-22H2. The average molecular weight is 447 g/mol. The molecular weight excluding hydrogens is 416 g/mol. The van der Waals surface area contributed by atoms with Crippen molar-refractivity contribution in [3.05, 3.63) is 118 Å². The van der Waals surface area contributed by atoms with E-state index in [0.717, 1.165) is 12.8 Å². The van der Waals surface area contributed by atoms with E-state index >= 15 is 0 Å². The molecule has 2 aliphatic carbocycles. The van der Waals surface area contributed by atoms with Crippen molar-refractivity contribution in [3.8, 4) is 22.3 Å². The molecule has 1 heteroatoms. The van der Waals surface area contributed by atoms with E-state index in [9.17, 15) is 0 Å². The van der Waals surface area contributed by atoms with Crippen molar-refractivity contribution in [1.82, 2.24) is 0 Å². The summed E-state index contributed by atoms with van der Waals surface area (Å²) in [6, 6.07) is 31.6. The van der Waals surface area contributed by atoms with Crippen molar-refractivity contribution in [3.63, 3.8) is 0 Å². The molecule has 2 aliphatic rings. The lowest BCUT2D eigenvalue weighted by atomic mass is 9.98. The molecular formula is C32H30S. The molecule has 0 aliphatic heterocycles. The van der Waals surface area contributed by atoms with Crippen LogP contribution in [0.4, 0.5) is 0 Å². The summed E-state index contributed by atoms with van der Waals surface area (Å²) in [7, 11) is 0. The van der Waals surface area contributed by atoms with Gasteiger partial charge in [0.15, 0.2) is 0 Å². The molecule has 0 unspecified atom stereocenters. The van der Waals surface area contributed by atoms with Crippen LogP contribution in [-0.4, -0.2) is 11.5 Å². The third-order valence-electron chi connectivity index (χ3n) is 7.37. The summed E-state index contributed by atoms with van der Waals surface area (Å²) in [5.41, 5.74) is 15.1. The van der Waals surface area contributed by atoms with Gasteiger partial charge in [-0.1, -0.05) is 84.9 Å². The number of thioether (sulfide) groups is 1. The van der Waals surface area contributed by atoms with E-state index in [-0.39, 0.29) is 0 Å². The van der Waals surface area contributed by atoms with E-state index in [1.165, 1.54) is 70.6 Å². The Bertz CT molecular complexity index is 1200. The molecule has 0 nitrogen and oxygen atoms in total. The van der Waals surface area contributed by atoms with Crippen LogP contribution in [0.3, 0.4) is 0 Å². The van der Waals surface area contributed by atoms with Crippen LogP contribution in [0.1, 0.15) is 46.2 Å². The lowest BCUT2D eigenvalue weighted by Gasteiger charge is -2.10. The zero-order chi connectivity index (χ0) is 22.0. The van der Waals surface area contributed by atoms with Crippen molar-refractivity contribution in [1.29, 1.82) is 0 Å². The molecule has 33 heavy (non-hydrogen) atoms. The van der Waals surface area contributed by atoms with Gasteiger partial charge in [0, 0.05) is 0 Å². The van der Waals surface area contributed by atoms with Crippen LogP contribution in [0.5, 0.6) is 0 Å². The smallest absolute Gasteiger partial charge is 0.00107 e. The molecule has 0 heterocycles. The van der Waals surface area contributed by atoms with Gasteiger partial charge in [-0.05, 0) is 106 Å². The number of rotatable bonds is 8. The van der Waals surface area contributed by atoms with E-state index in [2.05, 4.69) is 96.7 Å². The SMILES string of the molecule is c1ccc2c(c1)Cc1c(CCCSCCCc3cccc4c3Cc3ccccc3-4)cccc1-2. The van der Waals surface area contributed by atoms with Gasteiger partial charge in [-0.15, -0.1) is 0 Å². The Labute approximate surface area is 202 Å². The van der Waals surface area contributed by atoms with Crippen molar-refractivity contribution < 1.29 is 0 Å². The first-order chi connectivity index (χ1) is 16.4. The molecule has 0 atom stereocenters. The second kappa shape index (κ2) is 9.23. The van der Waals surface area contributed by atoms with Crippen molar-refractivity contribution in [2.24, 2.45) is 0 Å². The van der Waals surface area contributed by atoms with Crippen LogP contribution in [0.2, 0.25) is 0 Å². The Morgan fingerprint density at radius 1 is 0.485 bits per heavy atom. The topological polar surface area (TPSA) is 0 Å². The average Bonchev–Trinajstić information content (AvgIpc) is 3.43. The maximum atomic E-state index is 2.35. The van der Waals surface area contributed by atoms with Gasteiger partial charge in [0.1, 0.15) is 0 Å². The Kier molecular flexibility index (Phi) is 5.82. The molecule has 0 fully saturated rings. The highest BCUT2D eigenvalue weighted by Gasteiger charge is 2.21. The molecule has 6 rings (SSSR count). The first-order valence-electron chi connectivity index (χ1n) is 12.3. The fourth-order valence-corrected chi connectivity index (χ4v) is 6.65. The number of fused-ring (bicyclic) bond motifs is 6. The van der Waals surface area contributed by atoms with Crippen molar-refractivity contribution >= 4 is 11.8 Å². The summed E-state index contributed by atoms with van der Waals surface area (Å²) in [5, 5.41) is 0. The minimum atomic E-state index is 1.11. The maximum Gasteiger partial charge on any atom is -0.00107 e. The van der Waals surface area contributed by atoms with Gasteiger partial charge in [0.2, 0.25) is 0 Å². The zero-order valence-corrected chi connectivity index (χ0v) is 20.0. The Morgan fingerprint density at radius 3 is 1.45 bits per heavy atom. The zero-order valence-electron chi connectivity index (χ0n) is 19.1. The van der Waals surface area contributed by atoms with Gasteiger partial charge in [0.25, 0.3) is 0 Å². The summed E-state index contributed by atoms with van der Waals surface area (Å²) < 4.78 is 0. The van der Waals surface area contributed by atoms with Gasteiger partial charge in [-0.25, -0.2) is 0 Å². The van der Waals surface area contributed by atoms with E-state index in [1.807, 2.05) is 0 Å². The summed E-state index contributed by atoms with van der Waals surface area (Å²) in [5.74, 6) is 2.52. The molecule has 164 valence electrons. The van der Waals surface area contributed by atoms with E-state index < -0.39 is 0 Å². The highest BCUT2D eigenvalue weighted by atomic mass is 32.2. The van der Waals surface area contributed by atoms with Crippen LogP contribution in [0.25, 0.3) is 22.3 Å². The molecule has 0 amide bonds. The van der Waals surface area contributed by atoms with Crippen LogP contribution >= 0.6 is 11.8 Å². The predicted molar refractivity (Wildman–Crippen MR) is 143 cm³/mol. The predicted octanol–water partition coefficient (Wildman–Crippen LogP) is 8.13. The normalized spacial score (nSPS) is 12.8. The molecule has 4 aromatic rings. The summed E-state index contributed by atoms with van der Waals surface area (Å²) >= 11 is 2.13. The summed E-state index contributed by atoms with van der Waals surface area (Å²) in [6.07, 6.45) is 7.17. The lowest BCUT2D eigenvalue weighted by molar-refractivity contribution is 0.901. The van der Waals surface area contributed by atoms with Crippen LogP contribution < -0.4 is 0 Å². The second-order valence-corrected chi connectivity index (χ2v) is 10.6. The first kappa shape index (κ1) is 20.8. The van der Waals surface area contributed by atoms with E-state index in [4.69, 9.17) is 0 Å². The third-order valence-corrected chi connectivity index (χ3v) is 8.52. The molecule has 0 bridgehead atoms. The fourth-order valence-electron chi connectivity index (χ4n) is 5.75. The van der Waals surface area contributed by atoms with Crippen molar-refractivity contribution in [2.45, 2.75) is 38.5 Å². The largest absolute Gasteiger partial charge is 0.162 e. The molecule has 0 saturated carbocycles. The van der Waals surface area contributed by atoms with E-state index in [0.29, 0.717) is 0 Å². The van der Waals surface area contributed by atoms with E-state index in [1.54, 1.807) is 22.3 Å². The Hall–Kier alpha value is -2.77. The molecule has 0 saturated heterocycles. The number of hydrogen-bond donors (Lipinski definition) is 0. The van der Waals surface area contributed by atoms with Crippen LogP contribution in [0, 0.1) is 0 Å². The molecule has 0 N–H and O–H groups in total. The third kappa shape index (κ3) is 4.04. The van der Waals surface area contributed by atoms with Gasteiger partial charge in [-0.2, -0.15) is 11.8 Å². The lowest BCUT2D eigenvalue weighted by Crippen LogP contribution is -1.97. The maximum absolute atomic E-state index is 2.35. The first-order valence-corrected chi connectivity index (χ1v) is 13.5. The fraction of sp³-hybridized carbons (Fsp3) is 0.250.